The summed E-state index contributed by atoms with van der Waals surface area (Å²) in [5, 5.41) is 0. The summed E-state index contributed by atoms with van der Waals surface area (Å²) in [5.41, 5.74) is 1.66. The third-order valence-electron chi connectivity index (χ3n) is 2.44. The van der Waals surface area contributed by atoms with Gasteiger partial charge in [0.05, 0.1) is 0 Å². The highest BCUT2D eigenvalue weighted by Gasteiger charge is 2.07. The molecule has 0 aliphatic heterocycles. The predicted octanol–water partition coefficient (Wildman–Crippen LogP) is 3.40. The van der Waals surface area contributed by atoms with Crippen LogP contribution < -0.4 is 0 Å². The molecule has 82 valence electrons. The molecule has 0 saturated carbocycles. The van der Waals surface area contributed by atoms with Gasteiger partial charge in [-0.3, -0.25) is 9.97 Å². The van der Waals surface area contributed by atoms with Crippen molar-refractivity contribution < 1.29 is 4.42 Å². The maximum Gasteiger partial charge on any atom is 0.153 e. The molecule has 0 unspecified atom stereocenters. The molecule has 3 heteroatoms. The normalized spacial score (nSPS) is 10.4. The highest BCUT2D eigenvalue weighted by atomic mass is 16.3. The molecule has 0 aliphatic carbocycles. The highest BCUT2D eigenvalue weighted by Crippen LogP contribution is 2.25. The Labute approximate surface area is 98.8 Å². The van der Waals surface area contributed by atoms with Gasteiger partial charge in [-0.05, 0) is 36.4 Å². The van der Waals surface area contributed by atoms with Gasteiger partial charge in [0.25, 0.3) is 0 Å². The van der Waals surface area contributed by atoms with Crippen LogP contribution in [0.5, 0.6) is 0 Å². The Morgan fingerprint density at radius 3 is 1.59 bits per heavy atom. The number of nitrogens with zero attached hydrogens (tertiary/aromatic N) is 2. The Bertz CT molecular complexity index is 548. The van der Waals surface area contributed by atoms with E-state index in [4.69, 9.17) is 4.42 Å². The van der Waals surface area contributed by atoms with Crippen LogP contribution in [0, 0.1) is 0 Å². The number of hydrogen-bond acceptors (Lipinski definition) is 3. The molecule has 0 aliphatic rings. The molecule has 0 amide bonds. The molecule has 0 fully saturated rings. The number of hydrogen-bond donors (Lipinski definition) is 0. The molecule has 0 spiro atoms. The maximum absolute atomic E-state index is 5.73. The average Bonchev–Trinajstić information content (AvgIpc) is 2.90. The van der Waals surface area contributed by atoms with E-state index in [-0.39, 0.29) is 0 Å². The van der Waals surface area contributed by atoms with Crippen molar-refractivity contribution in [1.82, 2.24) is 9.97 Å². The van der Waals surface area contributed by atoms with E-state index in [1.165, 1.54) is 0 Å². The van der Waals surface area contributed by atoms with Crippen LogP contribution in [0.15, 0.2) is 65.3 Å². The molecule has 0 radical (unpaired) electrons. The lowest BCUT2D eigenvalue weighted by Crippen LogP contribution is -1.79. The van der Waals surface area contributed by atoms with Crippen LogP contribution in [0.25, 0.3) is 22.9 Å². The number of pyridine rings is 2. The van der Waals surface area contributed by atoms with Gasteiger partial charge in [-0.1, -0.05) is 12.1 Å². The minimum absolute atomic E-state index is 0.756. The average molecular weight is 222 g/mol. The molecule has 0 bridgehead atoms. The van der Waals surface area contributed by atoms with Crippen LogP contribution in [0.3, 0.4) is 0 Å². The summed E-state index contributed by atoms with van der Waals surface area (Å²) >= 11 is 0. The topological polar surface area (TPSA) is 38.9 Å². The van der Waals surface area contributed by atoms with E-state index >= 15 is 0 Å². The van der Waals surface area contributed by atoms with Crippen molar-refractivity contribution >= 4 is 0 Å². The van der Waals surface area contributed by atoms with E-state index < -0.39 is 0 Å². The molecule has 0 N–H and O–H groups in total. The number of furan rings is 1. The first-order valence-electron chi connectivity index (χ1n) is 5.36. The lowest BCUT2D eigenvalue weighted by molar-refractivity contribution is 0.592. The van der Waals surface area contributed by atoms with Crippen molar-refractivity contribution in [3.63, 3.8) is 0 Å². The Balaban J connectivity index is 1.99. The third-order valence-corrected chi connectivity index (χ3v) is 2.44. The van der Waals surface area contributed by atoms with Gasteiger partial charge < -0.3 is 4.42 Å². The zero-order valence-corrected chi connectivity index (χ0v) is 9.08. The first-order chi connectivity index (χ1) is 8.43. The Kier molecular flexibility index (Phi) is 2.43. The van der Waals surface area contributed by atoms with Crippen LogP contribution in [0.2, 0.25) is 0 Å². The van der Waals surface area contributed by atoms with Crippen molar-refractivity contribution in [2.45, 2.75) is 0 Å². The van der Waals surface area contributed by atoms with Gasteiger partial charge in [0.1, 0.15) is 11.4 Å². The first kappa shape index (κ1) is 9.78. The highest BCUT2D eigenvalue weighted by molar-refractivity contribution is 5.59. The van der Waals surface area contributed by atoms with Gasteiger partial charge in [0.2, 0.25) is 0 Å². The maximum atomic E-state index is 5.73. The van der Waals surface area contributed by atoms with Crippen LogP contribution >= 0.6 is 0 Å². The molecule has 0 atom stereocenters. The molecule has 3 nitrogen and oxygen atoms in total. The van der Waals surface area contributed by atoms with Crippen LogP contribution in [0.1, 0.15) is 0 Å². The SMILES string of the molecule is c1ccc(-c2ccc(-c3ccccn3)o2)nc1. The van der Waals surface area contributed by atoms with E-state index in [1.54, 1.807) is 12.4 Å². The lowest BCUT2D eigenvalue weighted by Gasteiger charge is -1.96. The summed E-state index contributed by atoms with van der Waals surface area (Å²) in [4.78, 5) is 8.48. The van der Waals surface area contributed by atoms with Crippen molar-refractivity contribution in [2.75, 3.05) is 0 Å². The Morgan fingerprint density at radius 1 is 0.647 bits per heavy atom. The second-order valence-electron chi connectivity index (χ2n) is 3.59. The van der Waals surface area contributed by atoms with Crippen LogP contribution in [-0.4, -0.2) is 9.97 Å². The quantitative estimate of drug-likeness (QED) is 0.667. The van der Waals surface area contributed by atoms with Crippen molar-refractivity contribution in [2.24, 2.45) is 0 Å². The van der Waals surface area contributed by atoms with E-state index in [2.05, 4.69) is 9.97 Å². The summed E-state index contributed by atoms with van der Waals surface area (Å²) < 4.78 is 5.73. The summed E-state index contributed by atoms with van der Waals surface area (Å²) in [7, 11) is 0. The number of rotatable bonds is 2. The lowest BCUT2D eigenvalue weighted by atomic mass is 10.3. The minimum atomic E-state index is 0.756. The van der Waals surface area contributed by atoms with E-state index in [1.807, 2.05) is 48.5 Å². The molecule has 3 heterocycles. The monoisotopic (exact) mass is 222 g/mol. The molecule has 3 aromatic heterocycles. The smallest absolute Gasteiger partial charge is 0.153 e. The molecule has 0 saturated heterocycles. The predicted molar refractivity (Wildman–Crippen MR) is 65.2 cm³/mol. The Hall–Kier alpha value is -2.42. The second kappa shape index (κ2) is 4.22. The number of aromatic nitrogens is 2. The zero-order valence-electron chi connectivity index (χ0n) is 9.08. The van der Waals surface area contributed by atoms with Gasteiger partial charge in [-0.2, -0.15) is 0 Å². The Morgan fingerprint density at radius 2 is 1.18 bits per heavy atom. The van der Waals surface area contributed by atoms with E-state index in [0.29, 0.717) is 0 Å². The van der Waals surface area contributed by atoms with Gasteiger partial charge >= 0.3 is 0 Å². The summed E-state index contributed by atoms with van der Waals surface area (Å²) in [5.74, 6) is 1.51. The van der Waals surface area contributed by atoms with Crippen LogP contribution in [0.4, 0.5) is 0 Å². The van der Waals surface area contributed by atoms with E-state index in [0.717, 1.165) is 22.9 Å². The molecule has 3 aromatic rings. The molecule has 3 rings (SSSR count). The fourth-order valence-electron chi connectivity index (χ4n) is 1.63. The second-order valence-corrected chi connectivity index (χ2v) is 3.59. The van der Waals surface area contributed by atoms with Crippen molar-refractivity contribution in [3.05, 3.63) is 60.9 Å². The minimum Gasteiger partial charge on any atom is -0.453 e. The fraction of sp³-hybridized carbons (Fsp3) is 0. The van der Waals surface area contributed by atoms with Crippen LogP contribution in [-0.2, 0) is 0 Å². The van der Waals surface area contributed by atoms with Crippen molar-refractivity contribution in [3.8, 4) is 22.9 Å². The summed E-state index contributed by atoms with van der Waals surface area (Å²) in [6, 6.07) is 15.3. The van der Waals surface area contributed by atoms with Gasteiger partial charge in [0.15, 0.2) is 11.5 Å². The zero-order chi connectivity index (χ0) is 11.5. The third kappa shape index (κ3) is 1.95. The molecule has 17 heavy (non-hydrogen) atoms. The molecular formula is C14H10N2O. The van der Waals surface area contributed by atoms with Gasteiger partial charge in [-0.15, -0.1) is 0 Å². The van der Waals surface area contributed by atoms with E-state index in [9.17, 15) is 0 Å². The largest absolute Gasteiger partial charge is 0.453 e. The fourth-order valence-corrected chi connectivity index (χ4v) is 1.63. The van der Waals surface area contributed by atoms with Crippen molar-refractivity contribution in [1.29, 1.82) is 0 Å². The van der Waals surface area contributed by atoms with Gasteiger partial charge in [-0.25, -0.2) is 0 Å². The molecule has 0 aromatic carbocycles. The summed E-state index contributed by atoms with van der Waals surface area (Å²) in [6.07, 6.45) is 3.50. The summed E-state index contributed by atoms with van der Waals surface area (Å²) in [6.45, 7) is 0. The molecular weight excluding hydrogens is 212 g/mol. The van der Waals surface area contributed by atoms with Gasteiger partial charge in [0, 0.05) is 12.4 Å². The first-order valence-corrected chi connectivity index (χ1v) is 5.36. The standard InChI is InChI=1S/C14H10N2O/c1-3-9-15-11(5-1)13-7-8-14(17-13)12-6-2-4-10-16-12/h1-10H.